The Labute approximate surface area is 206 Å². The Morgan fingerprint density at radius 3 is 2.39 bits per heavy atom. The number of aliphatic carboxylic acids is 1. The summed E-state index contributed by atoms with van der Waals surface area (Å²) in [6.45, 7) is 4.47. The number of benzene rings is 2. The van der Waals surface area contributed by atoms with Crippen molar-refractivity contribution in [3.8, 4) is 11.1 Å². The maximum Gasteiger partial charge on any atom is 0.328 e. The second-order valence-electron chi connectivity index (χ2n) is 9.85. The van der Waals surface area contributed by atoms with Crippen LogP contribution in [0.25, 0.3) is 17.2 Å². The Morgan fingerprint density at radius 2 is 1.83 bits per heavy atom. The van der Waals surface area contributed by atoms with Crippen LogP contribution in [0.3, 0.4) is 0 Å². The standard InChI is InChI=1S/C27H27F4N3O2/c1-15-7-17-10-19(18-12-32-33(4)13-18)21(28)11-20(17)26(34(15)14-27(2,3)31)25-22(29)8-16(9-23(25)30)5-6-24(35)36/h5-6,8-13,15,26H,7,14H2,1-4H3,(H,35,36)/b6-5+/t15-,26+/m1/s1. The van der Waals surface area contributed by atoms with E-state index in [1.807, 2.05) is 6.92 Å². The molecule has 5 nitrogen and oxygen atoms in total. The number of hydrogen-bond donors (Lipinski definition) is 1. The number of alkyl halides is 1. The summed E-state index contributed by atoms with van der Waals surface area (Å²) in [7, 11) is 1.72. The number of aryl methyl sites for hydroxylation is 1. The van der Waals surface area contributed by atoms with E-state index in [0.717, 1.165) is 24.3 Å². The van der Waals surface area contributed by atoms with E-state index < -0.39 is 35.1 Å². The van der Waals surface area contributed by atoms with Gasteiger partial charge in [-0.15, -0.1) is 0 Å². The SMILES string of the molecule is C[C@@H]1Cc2cc(-c3cnn(C)c3)c(F)cc2[C@@H](c2c(F)cc(/C=C/C(=O)O)cc2F)N1CC(C)(C)F. The minimum absolute atomic E-state index is 0.0238. The summed E-state index contributed by atoms with van der Waals surface area (Å²) in [5, 5.41) is 12.9. The fourth-order valence-corrected chi connectivity index (χ4v) is 4.85. The van der Waals surface area contributed by atoms with Crippen LogP contribution in [0, 0.1) is 17.5 Å². The Bertz CT molecular complexity index is 1320. The first-order chi connectivity index (χ1) is 16.8. The van der Waals surface area contributed by atoms with Crippen molar-refractivity contribution in [3.63, 3.8) is 0 Å². The number of halogens is 4. The molecular weight excluding hydrogens is 474 g/mol. The molecule has 3 aromatic rings. The largest absolute Gasteiger partial charge is 0.478 e. The van der Waals surface area contributed by atoms with Crippen molar-refractivity contribution >= 4 is 12.0 Å². The van der Waals surface area contributed by atoms with Crippen LogP contribution in [0.5, 0.6) is 0 Å². The van der Waals surface area contributed by atoms with Gasteiger partial charge in [0.25, 0.3) is 0 Å². The number of aromatic nitrogens is 2. The molecule has 1 aliphatic heterocycles. The maximum atomic E-state index is 15.4. The zero-order valence-electron chi connectivity index (χ0n) is 20.4. The van der Waals surface area contributed by atoms with Crippen molar-refractivity contribution in [2.24, 2.45) is 7.05 Å². The third-order valence-electron chi connectivity index (χ3n) is 6.30. The van der Waals surface area contributed by atoms with E-state index in [0.29, 0.717) is 28.7 Å². The average molecular weight is 502 g/mol. The molecule has 0 fully saturated rings. The number of rotatable bonds is 6. The average Bonchev–Trinajstić information content (AvgIpc) is 3.19. The molecular formula is C27H27F4N3O2. The van der Waals surface area contributed by atoms with Gasteiger partial charge in [-0.05, 0) is 74.2 Å². The lowest BCUT2D eigenvalue weighted by Crippen LogP contribution is -2.48. The van der Waals surface area contributed by atoms with E-state index in [1.54, 1.807) is 28.9 Å². The van der Waals surface area contributed by atoms with Crippen LogP contribution < -0.4 is 0 Å². The van der Waals surface area contributed by atoms with Gasteiger partial charge >= 0.3 is 5.97 Å². The van der Waals surface area contributed by atoms with Gasteiger partial charge in [0, 0.05) is 48.6 Å². The van der Waals surface area contributed by atoms with E-state index in [-0.39, 0.29) is 23.7 Å². The predicted octanol–water partition coefficient (Wildman–Crippen LogP) is 5.69. The lowest BCUT2D eigenvalue weighted by molar-refractivity contribution is -0.131. The molecule has 9 heteroatoms. The van der Waals surface area contributed by atoms with Gasteiger partial charge in [0.2, 0.25) is 0 Å². The molecule has 0 aliphatic carbocycles. The molecule has 0 amide bonds. The highest BCUT2D eigenvalue weighted by atomic mass is 19.1. The molecule has 1 aromatic heterocycles. The third kappa shape index (κ3) is 5.21. The molecule has 36 heavy (non-hydrogen) atoms. The topological polar surface area (TPSA) is 58.4 Å². The van der Waals surface area contributed by atoms with Crippen LogP contribution in [0.1, 0.15) is 49.1 Å². The molecule has 0 saturated heterocycles. The Hall–Kier alpha value is -3.46. The van der Waals surface area contributed by atoms with E-state index in [1.165, 1.54) is 26.1 Å². The highest BCUT2D eigenvalue weighted by Crippen LogP contribution is 2.43. The molecule has 1 N–H and O–H groups in total. The molecule has 0 radical (unpaired) electrons. The summed E-state index contributed by atoms with van der Waals surface area (Å²) < 4.78 is 62.7. The first-order valence-corrected chi connectivity index (χ1v) is 11.5. The molecule has 0 spiro atoms. The lowest BCUT2D eigenvalue weighted by Gasteiger charge is -2.44. The van der Waals surface area contributed by atoms with Gasteiger partial charge in [0.15, 0.2) is 0 Å². The Balaban J connectivity index is 1.90. The van der Waals surface area contributed by atoms with Gasteiger partial charge < -0.3 is 5.11 Å². The zero-order chi connectivity index (χ0) is 26.4. The summed E-state index contributed by atoms with van der Waals surface area (Å²) in [6, 6.07) is 3.59. The molecule has 0 bridgehead atoms. The molecule has 0 saturated carbocycles. The van der Waals surface area contributed by atoms with Crippen molar-refractivity contribution in [2.75, 3.05) is 6.54 Å². The molecule has 190 valence electrons. The second-order valence-corrected chi connectivity index (χ2v) is 9.85. The van der Waals surface area contributed by atoms with Crippen LogP contribution in [-0.4, -0.2) is 44.0 Å². The maximum absolute atomic E-state index is 15.4. The molecule has 0 unspecified atom stereocenters. The van der Waals surface area contributed by atoms with Gasteiger partial charge in [-0.2, -0.15) is 5.10 Å². The second kappa shape index (κ2) is 9.54. The van der Waals surface area contributed by atoms with Crippen molar-refractivity contribution in [1.29, 1.82) is 0 Å². The predicted molar refractivity (Wildman–Crippen MR) is 129 cm³/mol. The Morgan fingerprint density at radius 1 is 1.17 bits per heavy atom. The van der Waals surface area contributed by atoms with E-state index >= 15 is 13.2 Å². The summed E-state index contributed by atoms with van der Waals surface area (Å²) in [5.41, 5.74) is -0.0504. The van der Waals surface area contributed by atoms with E-state index in [2.05, 4.69) is 5.10 Å². The number of fused-ring (bicyclic) bond motifs is 1. The molecule has 1 aliphatic rings. The Kier molecular flexibility index (Phi) is 6.79. The summed E-state index contributed by atoms with van der Waals surface area (Å²) in [5.74, 6) is -3.69. The number of nitrogens with zero attached hydrogens (tertiary/aromatic N) is 3. The van der Waals surface area contributed by atoms with Crippen LogP contribution in [0.4, 0.5) is 17.6 Å². The van der Waals surface area contributed by atoms with Crippen molar-refractivity contribution in [3.05, 3.63) is 82.4 Å². The number of carboxylic acid groups (broad SMARTS) is 1. The lowest BCUT2D eigenvalue weighted by atomic mass is 9.82. The van der Waals surface area contributed by atoms with Crippen molar-refractivity contribution in [2.45, 2.75) is 44.9 Å². The van der Waals surface area contributed by atoms with E-state index in [4.69, 9.17) is 5.11 Å². The van der Waals surface area contributed by atoms with Gasteiger partial charge in [0.05, 0.1) is 12.2 Å². The van der Waals surface area contributed by atoms with Gasteiger partial charge in [-0.25, -0.2) is 22.4 Å². The first kappa shape index (κ1) is 25.6. The molecule has 4 rings (SSSR count). The van der Waals surface area contributed by atoms with Crippen molar-refractivity contribution in [1.82, 2.24) is 14.7 Å². The molecule has 2 heterocycles. The fourth-order valence-electron chi connectivity index (χ4n) is 4.85. The number of carbonyl (C=O) groups is 1. The van der Waals surface area contributed by atoms with Gasteiger partial charge in [0.1, 0.15) is 23.1 Å². The summed E-state index contributed by atoms with van der Waals surface area (Å²) >= 11 is 0. The minimum atomic E-state index is -1.69. The summed E-state index contributed by atoms with van der Waals surface area (Å²) in [4.78, 5) is 12.5. The fraction of sp³-hybridized carbons (Fsp3) is 0.333. The van der Waals surface area contributed by atoms with Gasteiger partial charge in [-0.1, -0.05) is 0 Å². The van der Waals surface area contributed by atoms with E-state index in [9.17, 15) is 9.18 Å². The van der Waals surface area contributed by atoms with Crippen LogP contribution >= 0.6 is 0 Å². The highest BCUT2D eigenvalue weighted by molar-refractivity contribution is 5.85. The minimum Gasteiger partial charge on any atom is -0.478 e. The van der Waals surface area contributed by atoms with Crippen LogP contribution in [-0.2, 0) is 18.3 Å². The van der Waals surface area contributed by atoms with Crippen LogP contribution in [0.2, 0.25) is 0 Å². The molecule has 2 atom stereocenters. The van der Waals surface area contributed by atoms with Gasteiger partial charge in [-0.3, -0.25) is 9.58 Å². The summed E-state index contributed by atoms with van der Waals surface area (Å²) in [6.07, 6.45) is 5.50. The number of hydrogen-bond acceptors (Lipinski definition) is 3. The normalized spacial score (nSPS) is 18.6. The zero-order valence-corrected chi connectivity index (χ0v) is 20.4. The van der Waals surface area contributed by atoms with Crippen LogP contribution in [0.15, 0.2) is 42.7 Å². The first-order valence-electron chi connectivity index (χ1n) is 11.5. The quantitative estimate of drug-likeness (QED) is 0.349. The monoisotopic (exact) mass is 501 g/mol. The molecule has 2 aromatic carbocycles. The number of carboxylic acids is 1. The van der Waals surface area contributed by atoms with Crippen molar-refractivity contribution < 1.29 is 27.5 Å². The highest BCUT2D eigenvalue weighted by Gasteiger charge is 2.39. The smallest absolute Gasteiger partial charge is 0.328 e. The third-order valence-corrected chi connectivity index (χ3v) is 6.30.